The molecule has 0 unspecified atom stereocenters. The van der Waals surface area contributed by atoms with Gasteiger partial charge in [-0.05, 0) is 39.8 Å². The Bertz CT molecular complexity index is 400. The molecular weight excluding hydrogens is 266 g/mol. The molecule has 1 aliphatic heterocycles. The Morgan fingerprint density at radius 3 is 2.40 bits per heavy atom. The zero-order chi connectivity index (χ0) is 14.6. The lowest BCUT2D eigenvalue weighted by Crippen LogP contribution is -2.54. The highest BCUT2D eigenvalue weighted by atomic mass is 32.1. The van der Waals surface area contributed by atoms with Crippen LogP contribution in [0.1, 0.15) is 30.5 Å². The van der Waals surface area contributed by atoms with Crippen molar-refractivity contribution in [2.24, 2.45) is 0 Å². The highest BCUT2D eigenvalue weighted by Gasteiger charge is 2.25. The molecule has 0 atom stereocenters. The minimum absolute atomic E-state index is 0.321. The average molecular weight is 295 g/mol. The van der Waals surface area contributed by atoms with Crippen LogP contribution in [0, 0.1) is 6.92 Å². The average Bonchev–Trinajstić information content (AvgIpc) is 2.80. The van der Waals surface area contributed by atoms with Crippen molar-refractivity contribution in [3.8, 4) is 0 Å². The van der Waals surface area contributed by atoms with Crippen LogP contribution in [0.4, 0.5) is 0 Å². The monoisotopic (exact) mass is 295 g/mol. The van der Waals surface area contributed by atoms with Crippen molar-refractivity contribution in [2.75, 3.05) is 39.3 Å². The molecule has 0 spiro atoms. The summed E-state index contributed by atoms with van der Waals surface area (Å²) >= 11 is 1.89. The summed E-state index contributed by atoms with van der Waals surface area (Å²) in [6, 6.07) is 4.43. The number of rotatable bonds is 5. The van der Waals surface area contributed by atoms with Crippen LogP contribution in [0.3, 0.4) is 0 Å². The van der Waals surface area contributed by atoms with Gasteiger partial charge in [-0.2, -0.15) is 0 Å². The normalized spacial score (nSPS) is 18.6. The van der Waals surface area contributed by atoms with E-state index in [0.29, 0.717) is 5.54 Å². The van der Waals surface area contributed by atoms with E-state index in [-0.39, 0.29) is 0 Å². The molecule has 1 aromatic heterocycles. The summed E-state index contributed by atoms with van der Waals surface area (Å²) in [4.78, 5) is 8.01. The second-order valence-corrected chi connectivity index (χ2v) is 8.06. The highest BCUT2D eigenvalue weighted by Crippen LogP contribution is 2.16. The molecule has 0 aromatic carbocycles. The Morgan fingerprint density at radius 1 is 1.15 bits per heavy atom. The number of hydrogen-bond acceptors (Lipinski definition) is 4. The first-order valence-corrected chi connectivity index (χ1v) is 8.50. The minimum Gasteiger partial charge on any atom is -0.311 e. The fraction of sp³-hybridized carbons (Fsp3) is 0.750. The van der Waals surface area contributed by atoms with Gasteiger partial charge in [0.15, 0.2) is 0 Å². The van der Waals surface area contributed by atoms with E-state index in [1.54, 1.807) is 0 Å². The molecule has 114 valence electrons. The predicted octanol–water partition coefficient (Wildman–Crippen LogP) is 2.56. The maximum absolute atomic E-state index is 3.56. The van der Waals surface area contributed by atoms with E-state index in [4.69, 9.17) is 0 Å². The van der Waals surface area contributed by atoms with Crippen LogP contribution in [0.5, 0.6) is 0 Å². The summed E-state index contributed by atoms with van der Waals surface area (Å²) in [5, 5.41) is 3.56. The lowest BCUT2D eigenvalue weighted by Gasteiger charge is -2.42. The molecule has 1 aromatic rings. The molecule has 1 N–H and O–H groups in total. The van der Waals surface area contributed by atoms with Gasteiger partial charge in [-0.3, -0.25) is 9.80 Å². The number of nitrogens with zero attached hydrogens (tertiary/aromatic N) is 2. The predicted molar refractivity (Wildman–Crippen MR) is 88.5 cm³/mol. The Morgan fingerprint density at radius 2 is 1.85 bits per heavy atom. The van der Waals surface area contributed by atoms with Crippen LogP contribution < -0.4 is 5.32 Å². The Balaban J connectivity index is 1.59. The molecular formula is C16H29N3S. The molecule has 1 aliphatic rings. The molecule has 0 bridgehead atoms. The zero-order valence-electron chi connectivity index (χ0n) is 13.4. The third kappa shape index (κ3) is 4.85. The summed E-state index contributed by atoms with van der Waals surface area (Å²) < 4.78 is 0. The van der Waals surface area contributed by atoms with E-state index >= 15 is 0 Å². The summed E-state index contributed by atoms with van der Waals surface area (Å²) in [7, 11) is 0. The van der Waals surface area contributed by atoms with Crippen molar-refractivity contribution in [3.05, 3.63) is 21.9 Å². The van der Waals surface area contributed by atoms with E-state index in [9.17, 15) is 0 Å². The summed E-state index contributed by atoms with van der Waals surface area (Å²) in [5.74, 6) is 0. The van der Waals surface area contributed by atoms with Gasteiger partial charge in [0.1, 0.15) is 0 Å². The van der Waals surface area contributed by atoms with Gasteiger partial charge in [-0.25, -0.2) is 0 Å². The van der Waals surface area contributed by atoms with Gasteiger partial charge >= 0.3 is 0 Å². The fourth-order valence-electron chi connectivity index (χ4n) is 2.67. The summed E-state index contributed by atoms with van der Waals surface area (Å²) in [6.07, 6.45) is 0. The third-order valence-electron chi connectivity index (χ3n) is 4.02. The molecule has 20 heavy (non-hydrogen) atoms. The van der Waals surface area contributed by atoms with Gasteiger partial charge in [0.05, 0.1) is 0 Å². The molecule has 2 rings (SSSR count). The van der Waals surface area contributed by atoms with Gasteiger partial charge in [-0.15, -0.1) is 11.3 Å². The van der Waals surface area contributed by atoms with Crippen molar-refractivity contribution in [1.29, 1.82) is 0 Å². The molecule has 0 radical (unpaired) electrons. The van der Waals surface area contributed by atoms with Crippen LogP contribution in [0.25, 0.3) is 0 Å². The Hall–Kier alpha value is -0.420. The number of aryl methyl sites for hydroxylation is 1. The molecule has 0 amide bonds. The van der Waals surface area contributed by atoms with Crippen molar-refractivity contribution in [1.82, 2.24) is 15.1 Å². The quantitative estimate of drug-likeness (QED) is 0.842. The molecule has 0 aliphatic carbocycles. The molecule has 1 saturated heterocycles. The zero-order valence-corrected chi connectivity index (χ0v) is 14.2. The summed E-state index contributed by atoms with van der Waals surface area (Å²) in [6.45, 7) is 17.2. The van der Waals surface area contributed by atoms with Gasteiger partial charge in [0, 0.05) is 61.1 Å². The highest BCUT2D eigenvalue weighted by molar-refractivity contribution is 7.11. The first-order valence-electron chi connectivity index (χ1n) is 7.68. The number of nitrogens with one attached hydrogen (secondary N) is 1. The Labute approximate surface area is 128 Å². The van der Waals surface area contributed by atoms with Crippen LogP contribution in [0.15, 0.2) is 12.1 Å². The number of thiophene rings is 1. The van der Waals surface area contributed by atoms with E-state index in [1.165, 1.54) is 42.5 Å². The van der Waals surface area contributed by atoms with Crippen LogP contribution in [-0.4, -0.2) is 54.6 Å². The standard InChI is InChI=1S/C16H29N3S/c1-14-5-6-15(20-14)13-17-7-8-18-9-11-19(12-10-18)16(2,3)4/h5-6,17H,7-13H2,1-4H3. The molecule has 0 saturated carbocycles. The van der Waals surface area contributed by atoms with Gasteiger partial charge in [0.25, 0.3) is 0 Å². The number of piperazine rings is 1. The van der Waals surface area contributed by atoms with E-state index in [1.807, 2.05) is 11.3 Å². The second kappa shape index (κ2) is 7.03. The first kappa shape index (κ1) is 16.0. The van der Waals surface area contributed by atoms with Crippen molar-refractivity contribution in [3.63, 3.8) is 0 Å². The molecule has 3 nitrogen and oxygen atoms in total. The lowest BCUT2D eigenvalue weighted by molar-refractivity contribution is 0.0628. The SMILES string of the molecule is Cc1ccc(CNCCN2CCN(C(C)(C)C)CC2)s1. The van der Waals surface area contributed by atoms with Crippen LogP contribution in [-0.2, 0) is 6.54 Å². The maximum atomic E-state index is 3.56. The topological polar surface area (TPSA) is 18.5 Å². The summed E-state index contributed by atoms with van der Waals surface area (Å²) in [5.41, 5.74) is 0.321. The van der Waals surface area contributed by atoms with Gasteiger partial charge < -0.3 is 5.32 Å². The molecule has 2 heterocycles. The van der Waals surface area contributed by atoms with Crippen LogP contribution in [0.2, 0.25) is 0 Å². The first-order chi connectivity index (χ1) is 9.45. The second-order valence-electron chi connectivity index (χ2n) is 6.69. The largest absolute Gasteiger partial charge is 0.311 e. The minimum atomic E-state index is 0.321. The number of hydrogen-bond donors (Lipinski definition) is 1. The van der Waals surface area contributed by atoms with E-state index in [0.717, 1.165) is 13.1 Å². The third-order valence-corrected chi connectivity index (χ3v) is 5.02. The van der Waals surface area contributed by atoms with E-state index in [2.05, 4.69) is 54.9 Å². The smallest absolute Gasteiger partial charge is 0.0300 e. The molecule has 4 heteroatoms. The van der Waals surface area contributed by atoms with Crippen molar-refractivity contribution < 1.29 is 0 Å². The van der Waals surface area contributed by atoms with Crippen LogP contribution >= 0.6 is 11.3 Å². The van der Waals surface area contributed by atoms with E-state index < -0.39 is 0 Å². The fourth-order valence-corrected chi connectivity index (χ4v) is 3.53. The molecule has 1 fully saturated rings. The maximum Gasteiger partial charge on any atom is 0.0300 e. The van der Waals surface area contributed by atoms with Crippen molar-refractivity contribution >= 4 is 11.3 Å². The Kier molecular flexibility index (Phi) is 5.61. The lowest BCUT2D eigenvalue weighted by atomic mass is 10.1. The van der Waals surface area contributed by atoms with Gasteiger partial charge in [-0.1, -0.05) is 0 Å². The van der Waals surface area contributed by atoms with Gasteiger partial charge in [0.2, 0.25) is 0 Å². The van der Waals surface area contributed by atoms with Crippen molar-refractivity contribution in [2.45, 2.75) is 39.8 Å².